The fourth-order valence-corrected chi connectivity index (χ4v) is 3.21. The molecule has 1 N–H and O–H groups in total. The zero-order chi connectivity index (χ0) is 14.1. The molecule has 106 valence electrons. The van der Waals surface area contributed by atoms with Crippen LogP contribution in [0.15, 0.2) is 32.7 Å². The molecular weight excluding hydrogens is 292 g/mol. The van der Waals surface area contributed by atoms with Crippen LogP contribution in [0.25, 0.3) is 0 Å². The summed E-state index contributed by atoms with van der Waals surface area (Å²) in [5, 5.41) is 4.98. The summed E-state index contributed by atoms with van der Waals surface area (Å²) in [4.78, 5) is 5.52. The average molecular weight is 309 g/mol. The van der Waals surface area contributed by atoms with Gasteiger partial charge in [0.2, 0.25) is 0 Å². The van der Waals surface area contributed by atoms with Crippen LogP contribution in [0.2, 0.25) is 5.02 Å². The van der Waals surface area contributed by atoms with Gasteiger partial charge in [-0.15, -0.1) is 0 Å². The summed E-state index contributed by atoms with van der Waals surface area (Å²) < 4.78 is 5.64. The number of aromatic nitrogens is 1. The van der Waals surface area contributed by atoms with Crippen LogP contribution in [0, 0.1) is 13.8 Å². The van der Waals surface area contributed by atoms with E-state index in [0.29, 0.717) is 11.3 Å². The van der Waals surface area contributed by atoms with E-state index >= 15 is 0 Å². The molecule has 0 atom stereocenters. The number of oxazole rings is 1. The first-order chi connectivity index (χ1) is 9.63. The molecule has 0 radical (unpaired) electrons. The smallest absolute Gasteiger partial charge is 0.261 e. The van der Waals surface area contributed by atoms with Crippen molar-refractivity contribution in [2.45, 2.75) is 49.4 Å². The Bertz CT molecular complexity index is 603. The highest BCUT2D eigenvalue weighted by molar-refractivity contribution is 7.99. The van der Waals surface area contributed by atoms with Crippen molar-refractivity contribution in [3.63, 3.8) is 0 Å². The molecule has 1 heterocycles. The van der Waals surface area contributed by atoms with Gasteiger partial charge in [-0.3, -0.25) is 0 Å². The Labute approximate surface area is 128 Å². The topological polar surface area (TPSA) is 38.1 Å². The Morgan fingerprint density at radius 1 is 1.40 bits per heavy atom. The minimum absolute atomic E-state index is 0.662. The molecule has 0 bridgehead atoms. The van der Waals surface area contributed by atoms with Crippen molar-refractivity contribution >= 4 is 23.4 Å². The average Bonchev–Trinajstić information content (AvgIpc) is 3.16. The predicted molar refractivity (Wildman–Crippen MR) is 81.4 cm³/mol. The molecule has 5 heteroatoms. The van der Waals surface area contributed by atoms with Gasteiger partial charge in [-0.05, 0) is 56.1 Å². The number of benzene rings is 1. The summed E-state index contributed by atoms with van der Waals surface area (Å²) in [6.45, 7) is 4.68. The fraction of sp³-hybridized carbons (Fsp3) is 0.400. The summed E-state index contributed by atoms with van der Waals surface area (Å²) in [7, 11) is 0. The molecule has 0 amide bonds. The molecule has 1 fully saturated rings. The van der Waals surface area contributed by atoms with Gasteiger partial charge in [0.15, 0.2) is 0 Å². The minimum Gasteiger partial charge on any atom is -0.436 e. The van der Waals surface area contributed by atoms with E-state index in [9.17, 15) is 0 Å². The standard InChI is InChI=1S/C15H17ClN2OS/c1-9-10(2)19-15(18-9)20-14-5-3-4-13(16)12(14)8-17-11-6-7-11/h3-5,11,17H,6-8H2,1-2H3. The normalized spacial score (nSPS) is 14.8. The van der Waals surface area contributed by atoms with Crippen molar-refractivity contribution in [1.29, 1.82) is 0 Å². The molecule has 1 saturated carbocycles. The molecule has 0 aliphatic heterocycles. The molecule has 1 aromatic carbocycles. The third-order valence-electron chi connectivity index (χ3n) is 3.43. The van der Waals surface area contributed by atoms with E-state index in [1.807, 2.05) is 26.0 Å². The number of aryl methyl sites for hydroxylation is 2. The number of hydrogen-bond acceptors (Lipinski definition) is 4. The van der Waals surface area contributed by atoms with E-state index in [4.69, 9.17) is 16.0 Å². The lowest BCUT2D eigenvalue weighted by molar-refractivity contribution is 0.431. The number of halogens is 1. The van der Waals surface area contributed by atoms with Crippen molar-refractivity contribution in [2.75, 3.05) is 0 Å². The summed E-state index contributed by atoms with van der Waals surface area (Å²) in [5.41, 5.74) is 2.06. The summed E-state index contributed by atoms with van der Waals surface area (Å²) in [5.74, 6) is 0.868. The highest BCUT2D eigenvalue weighted by atomic mass is 35.5. The van der Waals surface area contributed by atoms with Crippen LogP contribution in [-0.4, -0.2) is 11.0 Å². The predicted octanol–water partition coefficient (Wildman–Crippen LogP) is 4.35. The maximum atomic E-state index is 6.33. The van der Waals surface area contributed by atoms with Gasteiger partial charge >= 0.3 is 0 Å². The number of rotatable bonds is 5. The summed E-state index contributed by atoms with van der Waals surface area (Å²) in [6.07, 6.45) is 2.54. The quantitative estimate of drug-likeness (QED) is 0.891. The maximum Gasteiger partial charge on any atom is 0.261 e. The van der Waals surface area contributed by atoms with Crippen LogP contribution in [0.1, 0.15) is 29.9 Å². The van der Waals surface area contributed by atoms with Crippen LogP contribution >= 0.6 is 23.4 Å². The van der Waals surface area contributed by atoms with Crippen LogP contribution in [0.4, 0.5) is 0 Å². The largest absolute Gasteiger partial charge is 0.436 e. The van der Waals surface area contributed by atoms with Gasteiger partial charge in [0, 0.05) is 22.5 Å². The number of nitrogens with one attached hydrogen (secondary N) is 1. The zero-order valence-corrected chi connectivity index (χ0v) is 13.1. The van der Waals surface area contributed by atoms with Crippen LogP contribution in [-0.2, 0) is 6.54 Å². The van der Waals surface area contributed by atoms with Crippen molar-refractivity contribution in [2.24, 2.45) is 0 Å². The molecular formula is C15H17ClN2OS. The monoisotopic (exact) mass is 308 g/mol. The first kappa shape index (κ1) is 14.0. The lowest BCUT2D eigenvalue weighted by Gasteiger charge is -2.10. The second-order valence-electron chi connectivity index (χ2n) is 5.10. The lowest BCUT2D eigenvalue weighted by atomic mass is 10.2. The van der Waals surface area contributed by atoms with E-state index < -0.39 is 0 Å². The Balaban J connectivity index is 1.81. The van der Waals surface area contributed by atoms with Gasteiger partial charge in [-0.25, -0.2) is 4.98 Å². The second-order valence-corrected chi connectivity index (χ2v) is 6.50. The van der Waals surface area contributed by atoms with E-state index in [1.165, 1.54) is 24.6 Å². The molecule has 0 unspecified atom stereocenters. The number of hydrogen-bond donors (Lipinski definition) is 1. The fourth-order valence-electron chi connectivity index (χ4n) is 1.92. The number of nitrogens with zero attached hydrogens (tertiary/aromatic N) is 1. The zero-order valence-electron chi connectivity index (χ0n) is 11.6. The first-order valence-corrected chi connectivity index (χ1v) is 7.95. The SMILES string of the molecule is Cc1nc(Sc2cccc(Cl)c2CNC2CC2)oc1C. The molecule has 20 heavy (non-hydrogen) atoms. The highest BCUT2D eigenvalue weighted by Gasteiger charge is 2.21. The van der Waals surface area contributed by atoms with Gasteiger partial charge in [-0.2, -0.15) is 0 Å². The highest BCUT2D eigenvalue weighted by Crippen LogP contribution is 2.34. The Morgan fingerprint density at radius 2 is 2.20 bits per heavy atom. The maximum absolute atomic E-state index is 6.33. The van der Waals surface area contributed by atoms with E-state index in [0.717, 1.165) is 33.5 Å². The Morgan fingerprint density at radius 3 is 2.85 bits per heavy atom. The molecule has 1 aliphatic carbocycles. The van der Waals surface area contributed by atoms with Gasteiger partial charge in [0.05, 0.1) is 5.69 Å². The lowest BCUT2D eigenvalue weighted by Crippen LogP contribution is -2.16. The van der Waals surface area contributed by atoms with Crippen LogP contribution in [0.5, 0.6) is 0 Å². The van der Waals surface area contributed by atoms with Gasteiger partial charge in [0.1, 0.15) is 5.76 Å². The molecule has 1 aromatic heterocycles. The van der Waals surface area contributed by atoms with Gasteiger partial charge < -0.3 is 9.73 Å². The summed E-state index contributed by atoms with van der Waals surface area (Å²) in [6, 6.07) is 6.63. The molecule has 3 nitrogen and oxygen atoms in total. The third-order valence-corrected chi connectivity index (χ3v) is 4.73. The van der Waals surface area contributed by atoms with Gasteiger partial charge in [0.25, 0.3) is 5.22 Å². The molecule has 0 saturated heterocycles. The van der Waals surface area contributed by atoms with Gasteiger partial charge in [-0.1, -0.05) is 17.7 Å². The molecule has 1 aliphatic rings. The molecule has 3 rings (SSSR count). The van der Waals surface area contributed by atoms with E-state index in [-0.39, 0.29) is 0 Å². The Hall–Kier alpha value is -0.970. The molecule has 0 spiro atoms. The van der Waals surface area contributed by atoms with Crippen LogP contribution < -0.4 is 5.32 Å². The van der Waals surface area contributed by atoms with Crippen molar-refractivity contribution < 1.29 is 4.42 Å². The third kappa shape index (κ3) is 3.19. The van der Waals surface area contributed by atoms with Crippen molar-refractivity contribution in [3.05, 3.63) is 40.2 Å². The Kier molecular flexibility index (Phi) is 4.06. The van der Waals surface area contributed by atoms with Crippen LogP contribution in [0.3, 0.4) is 0 Å². The first-order valence-electron chi connectivity index (χ1n) is 6.76. The summed E-state index contributed by atoms with van der Waals surface area (Å²) >= 11 is 7.86. The minimum atomic E-state index is 0.662. The van der Waals surface area contributed by atoms with Crippen molar-refractivity contribution in [1.82, 2.24) is 10.3 Å². The van der Waals surface area contributed by atoms with E-state index in [1.54, 1.807) is 0 Å². The second kappa shape index (κ2) is 5.80. The van der Waals surface area contributed by atoms with Crippen molar-refractivity contribution in [3.8, 4) is 0 Å². The molecule has 2 aromatic rings. The van der Waals surface area contributed by atoms with E-state index in [2.05, 4.69) is 16.4 Å².